The van der Waals surface area contributed by atoms with Crippen LogP contribution in [0.4, 0.5) is 0 Å². The number of cyclic esters (lactones) is 1. The van der Waals surface area contributed by atoms with Crippen molar-refractivity contribution in [2.24, 2.45) is 0 Å². The lowest BCUT2D eigenvalue weighted by Crippen LogP contribution is -2.38. The molecule has 21 heavy (non-hydrogen) atoms. The maximum absolute atomic E-state index is 11.5. The van der Waals surface area contributed by atoms with E-state index in [0.717, 1.165) is 17.7 Å². The van der Waals surface area contributed by atoms with Crippen LogP contribution in [-0.4, -0.2) is 31.3 Å². The summed E-state index contributed by atoms with van der Waals surface area (Å²) in [5.41, 5.74) is 0.893. The van der Waals surface area contributed by atoms with Crippen LogP contribution in [0.3, 0.4) is 0 Å². The number of rotatable bonds is 3. The van der Waals surface area contributed by atoms with Gasteiger partial charge in [-0.2, -0.15) is 0 Å². The van der Waals surface area contributed by atoms with Crippen LogP contribution in [0.2, 0.25) is 0 Å². The molecule has 3 rings (SSSR count). The maximum Gasteiger partial charge on any atom is 0.347 e. The van der Waals surface area contributed by atoms with Crippen LogP contribution in [-0.2, 0) is 9.53 Å². The number of ether oxygens (including phenoxy) is 3. The molecule has 5 heteroatoms. The summed E-state index contributed by atoms with van der Waals surface area (Å²) in [6.07, 6.45) is 1.01. The molecule has 2 unspecified atom stereocenters. The van der Waals surface area contributed by atoms with Crippen molar-refractivity contribution >= 4 is 5.97 Å². The van der Waals surface area contributed by atoms with Crippen LogP contribution in [0.5, 0.6) is 11.5 Å². The number of hydrogen-bond acceptors (Lipinski definition) is 5. The number of carbonyl (C=O) groups excluding carboxylic acids is 1. The van der Waals surface area contributed by atoms with Crippen molar-refractivity contribution in [2.75, 3.05) is 13.7 Å². The molecule has 1 aromatic carbocycles. The summed E-state index contributed by atoms with van der Waals surface area (Å²) in [7, 11) is 1.95. The number of carbonyl (C=O) groups is 1. The molecule has 1 N–H and O–H groups in total. The van der Waals surface area contributed by atoms with Gasteiger partial charge in [-0.25, -0.2) is 4.79 Å². The quantitative estimate of drug-likeness (QED) is 0.865. The van der Waals surface area contributed by atoms with Gasteiger partial charge in [-0.3, -0.25) is 0 Å². The first kappa shape index (κ1) is 14.2. The molecule has 5 nitrogen and oxygen atoms in total. The molecule has 1 saturated heterocycles. The zero-order valence-electron chi connectivity index (χ0n) is 12.6. The highest BCUT2D eigenvalue weighted by molar-refractivity contribution is 5.76. The predicted octanol–water partition coefficient (Wildman–Crippen LogP) is 2.20. The molecule has 0 bridgehead atoms. The van der Waals surface area contributed by atoms with E-state index in [0.29, 0.717) is 18.8 Å². The molecule has 2 heterocycles. The van der Waals surface area contributed by atoms with Gasteiger partial charge >= 0.3 is 5.97 Å². The Balaban J connectivity index is 1.85. The number of nitrogens with one attached hydrogen (secondary N) is 1. The fourth-order valence-electron chi connectivity index (χ4n) is 2.91. The van der Waals surface area contributed by atoms with E-state index in [1.54, 1.807) is 0 Å². The number of benzene rings is 1. The van der Waals surface area contributed by atoms with E-state index in [4.69, 9.17) is 14.2 Å². The van der Waals surface area contributed by atoms with Crippen molar-refractivity contribution in [3.05, 3.63) is 23.8 Å². The van der Waals surface area contributed by atoms with Crippen LogP contribution in [0.1, 0.15) is 38.3 Å². The van der Waals surface area contributed by atoms with Crippen LogP contribution in [0.15, 0.2) is 18.2 Å². The molecule has 0 aromatic heterocycles. The molecule has 0 aliphatic carbocycles. The molecular formula is C16H21NO4. The molecule has 0 spiro atoms. The molecule has 1 fully saturated rings. The van der Waals surface area contributed by atoms with Gasteiger partial charge in [0.05, 0.1) is 6.61 Å². The van der Waals surface area contributed by atoms with E-state index in [2.05, 4.69) is 19.2 Å². The molecule has 2 aliphatic heterocycles. The molecule has 114 valence electrons. The Kier molecular flexibility index (Phi) is 3.53. The van der Waals surface area contributed by atoms with Crippen LogP contribution in [0, 0.1) is 0 Å². The minimum absolute atomic E-state index is 0.231. The SMILES string of the molecule is CNC1CC(C)(C)Oc2cc(OC3CCOC3=O)ccc21. The monoisotopic (exact) mass is 291 g/mol. The Bertz CT molecular complexity index is 555. The second-order valence-electron chi connectivity index (χ2n) is 6.17. The molecule has 0 saturated carbocycles. The Morgan fingerprint density at radius 2 is 2.19 bits per heavy atom. The Morgan fingerprint density at radius 1 is 1.38 bits per heavy atom. The van der Waals surface area contributed by atoms with Gasteiger partial charge in [0.25, 0.3) is 0 Å². The van der Waals surface area contributed by atoms with Gasteiger partial charge in [-0.05, 0) is 27.0 Å². The molecule has 2 atom stereocenters. The highest BCUT2D eigenvalue weighted by Crippen LogP contribution is 2.41. The lowest BCUT2D eigenvalue weighted by Gasteiger charge is -2.37. The zero-order chi connectivity index (χ0) is 15.0. The predicted molar refractivity (Wildman–Crippen MR) is 77.6 cm³/mol. The largest absolute Gasteiger partial charge is 0.487 e. The van der Waals surface area contributed by atoms with Crippen molar-refractivity contribution in [2.45, 2.75) is 44.4 Å². The van der Waals surface area contributed by atoms with E-state index in [1.807, 2.05) is 25.2 Å². The Morgan fingerprint density at radius 3 is 2.86 bits per heavy atom. The number of esters is 1. The van der Waals surface area contributed by atoms with Crippen molar-refractivity contribution in [1.29, 1.82) is 0 Å². The Labute approximate surface area is 124 Å². The minimum atomic E-state index is -0.500. The van der Waals surface area contributed by atoms with Gasteiger partial charge in [0, 0.05) is 30.5 Å². The topological polar surface area (TPSA) is 56.8 Å². The summed E-state index contributed by atoms with van der Waals surface area (Å²) in [6, 6.07) is 6.01. The third-order valence-electron chi connectivity index (χ3n) is 3.96. The van der Waals surface area contributed by atoms with E-state index >= 15 is 0 Å². The fourth-order valence-corrected chi connectivity index (χ4v) is 2.91. The second kappa shape index (κ2) is 5.22. The first-order chi connectivity index (χ1) is 9.98. The van der Waals surface area contributed by atoms with Crippen LogP contribution < -0.4 is 14.8 Å². The summed E-state index contributed by atoms with van der Waals surface area (Å²) >= 11 is 0. The molecule has 1 aromatic rings. The van der Waals surface area contributed by atoms with Gasteiger partial charge in [-0.1, -0.05) is 6.07 Å². The van der Waals surface area contributed by atoms with Crippen LogP contribution >= 0.6 is 0 Å². The summed E-state index contributed by atoms with van der Waals surface area (Å²) < 4.78 is 16.7. The summed E-state index contributed by atoms with van der Waals surface area (Å²) in [5.74, 6) is 1.17. The van der Waals surface area contributed by atoms with Gasteiger partial charge in [0.1, 0.15) is 17.1 Å². The maximum atomic E-state index is 11.5. The molecular weight excluding hydrogens is 270 g/mol. The van der Waals surface area contributed by atoms with Gasteiger partial charge in [-0.15, -0.1) is 0 Å². The van der Waals surface area contributed by atoms with E-state index in [9.17, 15) is 4.79 Å². The van der Waals surface area contributed by atoms with Crippen molar-refractivity contribution in [3.8, 4) is 11.5 Å². The van der Waals surface area contributed by atoms with Gasteiger partial charge in [0.15, 0.2) is 6.10 Å². The molecule has 2 aliphatic rings. The average molecular weight is 291 g/mol. The summed E-state index contributed by atoms with van der Waals surface area (Å²) in [4.78, 5) is 11.5. The zero-order valence-corrected chi connectivity index (χ0v) is 12.6. The third-order valence-corrected chi connectivity index (χ3v) is 3.96. The summed E-state index contributed by atoms with van der Waals surface area (Å²) in [6.45, 7) is 4.57. The summed E-state index contributed by atoms with van der Waals surface area (Å²) in [5, 5.41) is 3.32. The first-order valence-electron chi connectivity index (χ1n) is 7.32. The van der Waals surface area contributed by atoms with E-state index in [-0.39, 0.29) is 17.6 Å². The van der Waals surface area contributed by atoms with Gasteiger partial charge < -0.3 is 19.5 Å². The fraction of sp³-hybridized carbons (Fsp3) is 0.562. The molecule has 0 amide bonds. The highest BCUT2D eigenvalue weighted by atomic mass is 16.6. The number of fused-ring (bicyclic) bond motifs is 1. The van der Waals surface area contributed by atoms with Crippen molar-refractivity contribution < 1.29 is 19.0 Å². The van der Waals surface area contributed by atoms with Gasteiger partial charge in [0.2, 0.25) is 0 Å². The van der Waals surface area contributed by atoms with E-state index in [1.165, 1.54) is 0 Å². The third kappa shape index (κ3) is 2.83. The smallest absolute Gasteiger partial charge is 0.347 e. The first-order valence-corrected chi connectivity index (χ1v) is 7.32. The average Bonchev–Trinajstić information content (AvgIpc) is 2.82. The minimum Gasteiger partial charge on any atom is -0.487 e. The standard InChI is InChI=1S/C16H21NO4/c1-16(2)9-12(17-3)11-5-4-10(8-14(11)21-16)20-13-6-7-19-15(13)18/h4-5,8,12-13,17H,6-7,9H2,1-3H3. The van der Waals surface area contributed by atoms with E-state index < -0.39 is 6.10 Å². The lowest BCUT2D eigenvalue weighted by atomic mass is 9.90. The Hall–Kier alpha value is -1.75. The second-order valence-corrected chi connectivity index (χ2v) is 6.17. The number of hydrogen-bond donors (Lipinski definition) is 1. The lowest BCUT2D eigenvalue weighted by molar-refractivity contribution is -0.143. The molecule has 0 radical (unpaired) electrons. The normalized spacial score (nSPS) is 26.7. The highest BCUT2D eigenvalue weighted by Gasteiger charge is 2.34. The van der Waals surface area contributed by atoms with Crippen molar-refractivity contribution in [1.82, 2.24) is 5.32 Å². The van der Waals surface area contributed by atoms with Crippen molar-refractivity contribution in [3.63, 3.8) is 0 Å². The van der Waals surface area contributed by atoms with Crippen LogP contribution in [0.25, 0.3) is 0 Å².